The Morgan fingerprint density at radius 3 is 2.26 bits per heavy atom. The lowest BCUT2D eigenvalue weighted by molar-refractivity contribution is -0.384. The van der Waals surface area contributed by atoms with Gasteiger partial charge in [0, 0.05) is 57.0 Å². The molecule has 0 unspecified atom stereocenters. The average molecular weight is 488 g/mol. The molecule has 11 heteroatoms. The van der Waals surface area contributed by atoms with E-state index in [1.165, 1.54) is 6.08 Å². The van der Waals surface area contributed by atoms with Gasteiger partial charge in [0.15, 0.2) is 0 Å². The van der Waals surface area contributed by atoms with Crippen molar-refractivity contribution in [3.63, 3.8) is 0 Å². The molecule has 2 aliphatic rings. The van der Waals surface area contributed by atoms with Crippen LogP contribution in [0.2, 0.25) is 0 Å². The van der Waals surface area contributed by atoms with Crippen LogP contribution < -0.4 is 9.80 Å². The topological polar surface area (TPSA) is 87.0 Å². The van der Waals surface area contributed by atoms with E-state index in [1.54, 1.807) is 20.8 Å². The number of halogens is 3. The number of benzene rings is 2. The number of hydrogen-bond acceptors (Lipinski definition) is 5. The Balaban J connectivity index is 1.36. The summed E-state index contributed by atoms with van der Waals surface area (Å²) in [5.41, 5.74) is 0.0324. The summed E-state index contributed by atoms with van der Waals surface area (Å²) >= 11 is 0. The molecule has 4 rings (SSSR count). The molecule has 0 N–H and O–H groups in total. The van der Waals surface area contributed by atoms with Crippen molar-refractivity contribution in [3.8, 4) is 0 Å². The summed E-state index contributed by atoms with van der Waals surface area (Å²) in [4.78, 5) is 39.9. The molecular weight excluding hydrogens is 465 g/mol. The second-order valence-corrected chi connectivity index (χ2v) is 8.34. The maximum atomic E-state index is 12.9. The number of nitro benzene ring substituents is 1. The molecule has 0 saturated carbocycles. The Bertz CT molecular complexity index is 1160. The van der Waals surface area contributed by atoms with Crippen LogP contribution in [0.4, 0.5) is 30.2 Å². The first kappa shape index (κ1) is 24.2. The molecule has 2 heterocycles. The largest absolute Gasteiger partial charge is 0.416 e. The Hall–Kier alpha value is -3.89. The van der Waals surface area contributed by atoms with E-state index in [9.17, 15) is 32.9 Å². The smallest absolute Gasteiger partial charge is 0.362 e. The van der Waals surface area contributed by atoms with E-state index in [0.29, 0.717) is 19.0 Å². The third-order valence-electron chi connectivity index (χ3n) is 6.13. The first-order valence-electron chi connectivity index (χ1n) is 11.1. The van der Waals surface area contributed by atoms with Crippen molar-refractivity contribution in [2.75, 3.05) is 42.5 Å². The summed E-state index contributed by atoms with van der Waals surface area (Å²) in [5.74, 6) is -0.130. The molecule has 2 aromatic carbocycles. The number of piperazine rings is 1. The highest BCUT2D eigenvalue weighted by atomic mass is 19.4. The standard InChI is InChI=1S/C24H23F3N4O4/c25-24(26,27)18-6-9-20(21(16-18)31(34)35)28-12-14-29(15-13-28)22(32)10-5-17-3-7-19(8-4-17)30-11-1-2-23(30)33/h3-10,16H,1-2,11-15H2/b10-5+. The lowest BCUT2D eigenvalue weighted by Crippen LogP contribution is -2.48. The summed E-state index contributed by atoms with van der Waals surface area (Å²) in [6, 6.07) is 9.80. The Labute approximate surface area is 199 Å². The van der Waals surface area contributed by atoms with Crippen LogP contribution in [-0.2, 0) is 15.8 Å². The van der Waals surface area contributed by atoms with Crippen molar-refractivity contribution in [2.24, 2.45) is 0 Å². The van der Waals surface area contributed by atoms with Crippen molar-refractivity contribution in [2.45, 2.75) is 19.0 Å². The quantitative estimate of drug-likeness (QED) is 0.359. The molecule has 0 radical (unpaired) electrons. The third-order valence-corrected chi connectivity index (χ3v) is 6.13. The van der Waals surface area contributed by atoms with Crippen LogP contribution in [-0.4, -0.2) is 54.4 Å². The van der Waals surface area contributed by atoms with Gasteiger partial charge in [0.25, 0.3) is 5.69 Å². The van der Waals surface area contributed by atoms with Crippen LogP contribution in [0, 0.1) is 10.1 Å². The number of hydrogen-bond donors (Lipinski definition) is 0. The fourth-order valence-electron chi connectivity index (χ4n) is 4.24. The SMILES string of the molecule is O=C(/C=C/c1ccc(N2CCCC2=O)cc1)N1CCN(c2ccc(C(F)(F)F)cc2[N+](=O)[O-])CC1. The zero-order chi connectivity index (χ0) is 25.2. The predicted octanol–water partition coefficient (Wildman–Crippen LogP) is 4.10. The Morgan fingerprint density at radius 2 is 1.69 bits per heavy atom. The van der Waals surface area contributed by atoms with E-state index in [0.717, 1.165) is 29.8 Å². The fourth-order valence-corrected chi connectivity index (χ4v) is 4.24. The lowest BCUT2D eigenvalue weighted by atomic mass is 10.1. The minimum absolute atomic E-state index is 0.0993. The number of alkyl halides is 3. The molecule has 0 atom stereocenters. The number of nitro groups is 1. The molecule has 8 nitrogen and oxygen atoms in total. The fraction of sp³-hybridized carbons (Fsp3) is 0.333. The van der Waals surface area contributed by atoms with Gasteiger partial charge < -0.3 is 14.7 Å². The van der Waals surface area contributed by atoms with Gasteiger partial charge in [0.2, 0.25) is 11.8 Å². The van der Waals surface area contributed by atoms with Gasteiger partial charge in [-0.2, -0.15) is 13.2 Å². The van der Waals surface area contributed by atoms with Gasteiger partial charge in [-0.3, -0.25) is 19.7 Å². The highest BCUT2D eigenvalue weighted by Gasteiger charge is 2.34. The van der Waals surface area contributed by atoms with Crippen LogP contribution in [0.25, 0.3) is 6.08 Å². The number of carbonyl (C=O) groups excluding carboxylic acids is 2. The van der Waals surface area contributed by atoms with E-state index in [4.69, 9.17) is 0 Å². The maximum Gasteiger partial charge on any atom is 0.416 e. The molecule has 2 amide bonds. The van der Waals surface area contributed by atoms with Crippen LogP contribution in [0.1, 0.15) is 24.0 Å². The zero-order valence-corrected chi connectivity index (χ0v) is 18.7. The monoisotopic (exact) mass is 488 g/mol. The number of nitrogens with zero attached hydrogens (tertiary/aromatic N) is 4. The lowest BCUT2D eigenvalue weighted by Gasteiger charge is -2.35. The van der Waals surface area contributed by atoms with Gasteiger partial charge in [0.05, 0.1) is 10.5 Å². The molecule has 0 aliphatic carbocycles. The molecule has 2 aliphatic heterocycles. The molecule has 0 spiro atoms. The molecule has 35 heavy (non-hydrogen) atoms. The van der Waals surface area contributed by atoms with Crippen molar-refractivity contribution < 1.29 is 27.7 Å². The minimum atomic E-state index is -4.67. The number of carbonyl (C=O) groups is 2. The van der Waals surface area contributed by atoms with E-state index in [-0.39, 0.29) is 43.7 Å². The molecule has 2 aromatic rings. The van der Waals surface area contributed by atoms with E-state index >= 15 is 0 Å². The highest BCUT2D eigenvalue weighted by molar-refractivity contribution is 5.95. The van der Waals surface area contributed by atoms with Crippen molar-refractivity contribution in [1.82, 2.24) is 4.90 Å². The summed E-state index contributed by atoms with van der Waals surface area (Å²) < 4.78 is 38.8. The number of anilines is 2. The summed E-state index contributed by atoms with van der Waals surface area (Å²) in [6.07, 6.45) is -0.173. The van der Waals surface area contributed by atoms with Crippen molar-refractivity contribution in [1.29, 1.82) is 0 Å². The van der Waals surface area contributed by atoms with Crippen molar-refractivity contribution >= 4 is 35.0 Å². The van der Waals surface area contributed by atoms with Gasteiger partial charge >= 0.3 is 6.18 Å². The minimum Gasteiger partial charge on any atom is -0.362 e. The Morgan fingerprint density at radius 1 is 1.00 bits per heavy atom. The predicted molar refractivity (Wildman–Crippen MR) is 124 cm³/mol. The first-order chi connectivity index (χ1) is 16.6. The van der Waals surface area contributed by atoms with E-state index < -0.39 is 22.4 Å². The average Bonchev–Trinajstić information content (AvgIpc) is 3.27. The van der Waals surface area contributed by atoms with Gasteiger partial charge in [0.1, 0.15) is 5.69 Å². The molecule has 0 bridgehead atoms. The first-order valence-corrected chi connectivity index (χ1v) is 11.1. The molecule has 184 valence electrons. The second kappa shape index (κ2) is 9.77. The summed E-state index contributed by atoms with van der Waals surface area (Å²) in [5, 5.41) is 11.4. The van der Waals surface area contributed by atoms with Crippen molar-refractivity contribution in [3.05, 3.63) is 69.8 Å². The summed E-state index contributed by atoms with van der Waals surface area (Å²) in [6.45, 7) is 1.76. The van der Waals surface area contributed by atoms with Crippen LogP contribution in [0.15, 0.2) is 48.5 Å². The van der Waals surface area contributed by atoms with E-state index in [1.807, 2.05) is 24.3 Å². The maximum absolute atomic E-state index is 12.9. The molecule has 0 aromatic heterocycles. The normalized spacial score (nSPS) is 16.9. The molecular formula is C24H23F3N4O4. The number of amides is 2. The molecule has 2 saturated heterocycles. The molecule has 2 fully saturated rings. The van der Waals surface area contributed by atoms with E-state index in [2.05, 4.69) is 0 Å². The van der Waals surface area contributed by atoms with Crippen LogP contribution >= 0.6 is 0 Å². The summed E-state index contributed by atoms with van der Waals surface area (Å²) in [7, 11) is 0. The van der Waals surface area contributed by atoms with Gasteiger partial charge in [-0.25, -0.2) is 0 Å². The van der Waals surface area contributed by atoms with Gasteiger partial charge in [-0.05, 0) is 42.3 Å². The second-order valence-electron chi connectivity index (χ2n) is 8.34. The zero-order valence-electron chi connectivity index (χ0n) is 18.7. The highest BCUT2D eigenvalue weighted by Crippen LogP contribution is 2.36. The third kappa shape index (κ3) is 5.44. The number of rotatable bonds is 5. The van der Waals surface area contributed by atoms with Crippen LogP contribution in [0.5, 0.6) is 0 Å². The van der Waals surface area contributed by atoms with Gasteiger partial charge in [-0.1, -0.05) is 12.1 Å². The van der Waals surface area contributed by atoms with Gasteiger partial charge in [-0.15, -0.1) is 0 Å². The van der Waals surface area contributed by atoms with Crippen LogP contribution in [0.3, 0.4) is 0 Å². The Kier molecular flexibility index (Phi) is 6.77.